The van der Waals surface area contributed by atoms with Crippen LogP contribution in [0.25, 0.3) is 0 Å². The molecular weight excluding hydrogens is 294 g/mol. The molecule has 0 amide bonds. The number of ether oxygens (including phenoxy) is 2. The maximum Gasteiger partial charge on any atom is 0.200 e. The van der Waals surface area contributed by atoms with E-state index < -0.39 is 0 Å². The Morgan fingerprint density at radius 3 is 2.35 bits per heavy atom. The predicted octanol–water partition coefficient (Wildman–Crippen LogP) is 3.35. The third-order valence-corrected chi connectivity index (χ3v) is 3.12. The standard InChI is InChI=1S/C18H19NO4/c1-12(2)19-23-16-8-6-5-7-14(16)18(20)15-10-9-13(21-3)11-17(15)22-4/h5-11,19H,1H2,2-4H3. The Hall–Kier alpha value is -2.95. The molecule has 0 atom stereocenters. The van der Waals surface area contributed by atoms with E-state index in [1.807, 2.05) is 0 Å². The molecular formula is C18H19NO4. The lowest BCUT2D eigenvalue weighted by atomic mass is 10.0. The van der Waals surface area contributed by atoms with Crippen LogP contribution in [-0.4, -0.2) is 20.0 Å². The van der Waals surface area contributed by atoms with E-state index in [0.717, 1.165) is 0 Å². The number of para-hydroxylation sites is 1. The van der Waals surface area contributed by atoms with Crippen LogP contribution in [0.5, 0.6) is 17.2 Å². The fourth-order valence-corrected chi connectivity index (χ4v) is 2.02. The Balaban J connectivity index is 2.39. The minimum absolute atomic E-state index is 0.205. The summed E-state index contributed by atoms with van der Waals surface area (Å²) in [4.78, 5) is 18.3. The fraction of sp³-hybridized carbons (Fsp3) is 0.167. The van der Waals surface area contributed by atoms with E-state index in [1.165, 1.54) is 7.11 Å². The van der Waals surface area contributed by atoms with Crippen molar-refractivity contribution >= 4 is 5.78 Å². The Bertz CT molecular complexity index is 725. The number of carbonyl (C=O) groups is 1. The number of methoxy groups -OCH3 is 2. The van der Waals surface area contributed by atoms with Crippen molar-refractivity contribution < 1.29 is 19.1 Å². The van der Waals surface area contributed by atoms with Crippen LogP contribution in [0.4, 0.5) is 0 Å². The molecule has 0 aliphatic heterocycles. The van der Waals surface area contributed by atoms with Crippen molar-refractivity contribution in [3.05, 3.63) is 65.9 Å². The van der Waals surface area contributed by atoms with Gasteiger partial charge >= 0.3 is 0 Å². The fourth-order valence-electron chi connectivity index (χ4n) is 2.02. The van der Waals surface area contributed by atoms with Crippen LogP contribution in [0, 0.1) is 0 Å². The smallest absolute Gasteiger partial charge is 0.200 e. The molecule has 5 nitrogen and oxygen atoms in total. The van der Waals surface area contributed by atoms with Gasteiger partial charge in [-0.1, -0.05) is 18.7 Å². The predicted molar refractivity (Wildman–Crippen MR) is 88.0 cm³/mol. The summed E-state index contributed by atoms with van der Waals surface area (Å²) in [7, 11) is 3.07. The van der Waals surface area contributed by atoms with Crippen LogP contribution in [0.3, 0.4) is 0 Å². The van der Waals surface area contributed by atoms with Gasteiger partial charge in [0, 0.05) is 11.8 Å². The van der Waals surface area contributed by atoms with Crippen molar-refractivity contribution in [1.82, 2.24) is 5.48 Å². The van der Waals surface area contributed by atoms with Gasteiger partial charge in [0.25, 0.3) is 0 Å². The largest absolute Gasteiger partial charge is 0.497 e. The van der Waals surface area contributed by atoms with E-state index >= 15 is 0 Å². The first-order valence-corrected chi connectivity index (χ1v) is 7.01. The number of allylic oxidation sites excluding steroid dienone is 1. The van der Waals surface area contributed by atoms with Gasteiger partial charge in [0.2, 0.25) is 5.78 Å². The van der Waals surface area contributed by atoms with E-state index in [0.29, 0.717) is 34.1 Å². The number of nitrogens with one attached hydrogen (secondary N) is 1. The lowest BCUT2D eigenvalue weighted by Gasteiger charge is -2.13. The molecule has 0 aromatic heterocycles. The molecule has 2 rings (SSSR count). The van der Waals surface area contributed by atoms with Gasteiger partial charge in [-0.2, -0.15) is 0 Å². The lowest BCUT2D eigenvalue weighted by Crippen LogP contribution is -2.17. The molecule has 0 bridgehead atoms. The molecule has 23 heavy (non-hydrogen) atoms. The van der Waals surface area contributed by atoms with Gasteiger partial charge in [-0.3, -0.25) is 4.79 Å². The molecule has 0 aliphatic rings. The molecule has 5 heteroatoms. The lowest BCUT2D eigenvalue weighted by molar-refractivity contribution is 0.102. The summed E-state index contributed by atoms with van der Waals surface area (Å²) < 4.78 is 10.4. The maximum absolute atomic E-state index is 12.8. The molecule has 0 aliphatic carbocycles. The molecule has 0 heterocycles. The van der Waals surface area contributed by atoms with Gasteiger partial charge in [0.05, 0.1) is 25.3 Å². The zero-order valence-electron chi connectivity index (χ0n) is 13.4. The van der Waals surface area contributed by atoms with Crippen molar-refractivity contribution in [2.75, 3.05) is 14.2 Å². The topological polar surface area (TPSA) is 56.8 Å². The monoisotopic (exact) mass is 313 g/mol. The second-order valence-corrected chi connectivity index (χ2v) is 4.88. The van der Waals surface area contributed by atoms with Crippen molar-refractivity contribution in [3.8, 4) is 17.2 Å². The first-order valence-electron chi connectivity index (χ1n) is 7.01. The third-order valence-electron chi connectivity index (χ3n) is 3.12. The highest BCUT2D eigenvalue weighted by atomic mass is 16.6. The van der Waals surface area contributed by atoms with Crippen molar-refractivity contribution in [2.45, 2.75) is 6.92 Å². The third kappa shape index (κ3) is 3.83. The Morgan fingerprint density at radius 1 is 1.00 bits per heavy atom. The highest BCUT2D eigenvalue weighted by Crippen LogP contribution is 2.29. The van der Waals surface area contributed by atoms with Crippen LogP contribution in [0.15, 0.2) is 54.7 Å². The Kier molecular flexibility index (Phi) is 5.25. The zero-order chi connectivity index (χ0) is 16.8. The number of hydrogen-bond acceptors (Lipinski definition) is 5. The molecule has 2 aromatic carbocycles. The van der Waals surface area contributed by atoms with Crippen LogP contribution in [0.2, 0.25) is 0 Å². The normalized spacial score (nSPS) is 9.87. The molecule has 0 saturated carbocycles. The molecule has 1 N–H and O–H groups in total. The zero-order valence-corrected chi connectivity index (χ0v) is 13.4. The van der Waals surface area contributed by atoms with Gasteiger partial charge in [-0.25, -0.2) is 5.48 Å². The maximum atomic E-state index is 12.8. The average molecular weight is 313 g/mol. The van der Waals surface area contributed by atoms with Crippen LogP contribution in [0.1, 0.15) is 22.8 Å². The average Bonchev–Trinajstić information content (AvgIpc) is 2.58. The van der Waals surface area contributed by atoms with Gasteiger partial charge in [-0.15, -0.1) is 0 Å². The quantitative estimate of drug-likeness (QED) is 0.627. The first kappa shape index (κ1) is 16.4. The molecule has 0 fully saturated rings. The van der Waals surface area contributed by atoms with Crippen LogP contribution < -0.4 is 19.8 Å². The number of ketones is 1. The number of carbonyl (C=O) groups excluding carboxylic acids is 1. The van der Waals surface area contributed by atoms with E-state index in [2.05, 4.69) is 12.1 Å². The highest BCUT2D eigenvalue weighted by molar-refractivity contribution is 6.12. The number of rotatable bonds is 7. The van der Waals surface area contributed by atoms with E-state index in [1.54, 1.807) is 56.5 Å². The minimum atomic E-state index is -0.205. The summed E-state index contributed by atoms with van der Waals surface area (Å²) in [6.07, 6.45) is 0. The second kappa shape index (κ2) is 7.35. The molecule has 0 unspecified atom stereocenters. The summed E-state index contributed by atoms with van der Waals surface area (Å²) >= 11 is 0. The molecule has 2 aromatic rings. The highest BCUT2D eigenvalue weighted by Gasteiger charge is 2.19. The second-order valence-electron chi connectivity index (χ2n) is 4.88. The summed E-state index contributed by atoms with van der Waals surface area (Å²) in [5.41, 5.74) is 4.14. The molecule has 0 radical (unpaired) electrons. The summed E-state index contributed by atoms with van der Waals surface area (Å²) in [5, 5.41) is 0. The van der Waals surface area contributed by atoms with Gasteiger partial charge in [-0.05, 0) is 31.2 Å². The summed E-state index contributed by atoms with van der Waals surface area (Å²) in [6.45, 7) is 5.46. The van der Waals surface area contributed by atoms with Gasteiger partial charge in [0.1, 0.15) is 11.5 Å². The van der Waals surface area contributed by atoms with Crippen LogP contribution >= 0.6 is 0 Å². The van der Waals surface area contributed by atoms with Crippen molar-refractivity contribution in [3.63, 3.8) is 0 Å². The Labute approximate surface area is 135 Å². The molecule has 0 spiro atoms. The number of hydroxylamine groups is 1. The van der Waals surface area contributed by atoms with Crippen LogP contribution in [-0.2, 0) is 0 Å². The van der Waals surface area contributed by atoms with E-state index in [4.69, 9.17) is 14.3 Å². The first-order chi connectivity index (χ1) is 11.1. The minimum Gasteiger partial charge on any atom is -0.497 e. The molecule has 0 saturated heterocycles. The van der Waals surface area contributed by atoms with Crippen molar-refractivity contribution in [2.24, 2.45) is 0 Å². The van der Waals surface area contributed by atoms with Gasteiger partial charge in [0.15, 0.2) is 5.75 Å². The van der Waals surface area contributed by atoms with E-state index in [-0.39, 0.29) is 5.78 Å². The van der Waals surface area contributed by atoms with Gasteiger partial charge < -0.3 is 14.3 Å². The number of hydrogen-bond donors (Lipinski definition) is 1. The van der Waals surface area contributed by atoms with Crippen molar-refractivity contribution in [1.29, 1.82) is 0 Å². The summed E-state index contributed by atoms with van der Waals surface area (Å²) in [6, 6.07) is 12.0. The number of benzene rings is 2. The summed E-state index contributed by atoms with van der Waals surface area (Å²) in [5.74, 6) is 1.27. The molecule has 120 valence electrons. The van der Waals surface area contributed by atoms with E-state index in [9.17, 15) is 4.79 Å². The Morgan fingerprint density at radius 2 is 1.70 bits per heavy atom. The SMILES string of the molecule is C=C(C)NOc1ccccc1C(=O)c1ccc(OC)cc1OC.